The lowest BCUT2D eigenvalue weighted by Crippen LogP contribution is -2.50. The minimum atomic E-state index is 0. The number of benzene rings is 1. The largest absolute Gasteiger partial charge is 0.355 e. The van der Waals surface area contributed by atoms with Crippen LogP contribution in [0.2, 0.25) is 0 Å². The predicted octanol–water partition coefficient (Wildman–Crippen LogP) is 3.58. The van der Waals surface area contributed by atoms with Crippen molar-refractivity contribution in [2.24, 2.45) is 4.99 Å². The summed E-state index contributed by atoms with van der Waals surface area (Å²) in [5, 5.41) is 10.5. The first-order valence-corrected chi connectivity index (χ1v) is 10.3. The molecule has 7 heteroatoms. The molecule has 1 saturated heterocycles. The van der Waals surface area contributed by atoms with Crippen LogP contribution in [0.4, 0.5) is 0 Å². The molecule has 0 aliphatic carbocycles. The van der Waals surface area contributed by atoms with Gasteiger partial charge in [0.05, 0.1) is 0 Å². The molecule has 2 rings (SSSR count). The van der Waals surface area contributed by atoms with Crippen molar-refractivity contribution < 1.29 is 0 Å². The van der Waals surface area contributed by atoms with Crippen LogP contribution in [0.3, 0.4) is 0 Å². The highest BCUT2D eigenvalue weighted by molar-refractivity contribution is 14.0. The van der Waals surface area contributed by atoms with Crippen molar-refractivity contribution >= 4 is 45.9 Å². The molecule has 27 heavy (non-hydrogen) atoms. The number of hydrogen-bond acceptors (Lipinski definition) is 3. The Balaban J connectivity index is 0.00000364. The molecule has 0 bridgehead atoms. The van der Waals surface area contributed by atoms with Gasteiger partial charge in [-0.25, -0.2) is 0 Å². The summed E-state index contributed by atoms with van der Waals surface area (Å²) in [5.74, 6) is 0.909. The molecule has 3 N–H and O–H groups in total. The van der Waals surface area contributed by atoms with Gasteiger partial charge < -0.3 is 16.0 Å². The highest BCUT2D eigenvalue weighted by atomic mass is 127. The van der Waals surface area contributed by atoms with Gasteiger partial charge in [0.25, 0.3) is 0 Å². The van der Waals surface area contributed by atoms with Crippen molar-refractivity contribution in [3.8, 4) is 0 Å². The summed E-state index contributed by atoms with van der Waals surface area (Å²) >= 11 is 3.50. The third-order valence-electron chi connectivity index (χ3n) is 4.54. The van der Waals surface area contributed by atoms with Gasteiger partial charge in [-0.2, -0.15) is 0 Å². The normalized spacial score (nSPS) is 16.7. The molecule has 0 atom stereocenters. The van der Waals surface area contributed by atoms with Gasteiger partial charge in [0, 0.05) is 55.8 Å². The Morgan fingerprint density at radius 1 is 1.15 bits per heavy atom. The van der Waals surface area contributed by atoms with E-state index in [9.17, 15) is 0 Å². The van der Waals surface area contributed by atoms with E-state index in [2.05, 4.69) is 86.8 Å². The van der Waals surface area contributed by atoms with E-state index < -0.39 is 0 Å². The van der Waals surface area contributed by atoms with Gasteiger partial charge in [-0.15, -0.1) is 24.0 Å². The Labute approximate surface area is 190 Å². The third kappa shape index (κ3) is 10.1. The van der Waals surface area contributed by atoms with Gasteiger partial charge in [-0.05, 0) is 51.3 Å². The zero-order chi connectivity index (χ0) is 19.0. The summed E-state index contributed by atoms with van der Waals surface area (Å²) in [6.07, 6.45) is 2.30. The molecular weight excluding hydrogens is 517 g/mol. The SMILES string of the molecule is CN=C(NCCNC(C)(C)C)NC1CCN(Cc2ccc(Br)cc2)CC1.I. The van der Waals surface area contributed by atoms with Crippen LogP contribution >= 0.6 is 39.9 Å². The zero-order valence-corrected chi connectivity index (χ0v) is 20.9. The Morgan fingerprint density at radius 3 is 2.33 bits per heavy atom. The first-order chi connectivity index (χ1) is 12.4. The molecule has 0 unspecified atom stereocenters. The molecule has 0 aromatic heterocycles. The van der Waals surface area contributed by atoms with Crippen LogP contribution in [0.25, 0.3) is 0 Å². The van der Waals surface area contributed by atoms with Crippen LogP contribution < -0.4 is 16.0 Å². The van der Waals surface area contributed by atoms with E-state index >= 15 is 0 Å². The number of guanidine groups is 1. The molecule has 154 valence electrons. The number of rotatable bonds is 6. The second-order valence-corrected chi connectivity index (χ2v) is 8.91. The molecule has 5 nitrogen and oxygen atoms in total. The Kier molecular flexibility index (Phi) is 11.2. The van der Waals surface area contributed by atoms with Gasteiger partial charge in [-0.3, -0.25) is 9.89 Å². The predicted molar refractivity (Wildman–Crippen MR) is 130 cm³/mol. The molecule has 1 aromatic carbocycles. The first-order valence-electron chi connectivity index (χ1n) is 9.55. The van der Waals surface area contributed by atoms with Crippen LogP contribution in [0.1, 0.15) is 39.2 Å². The number of likely N-dealkylation sites (tertiary alicyclic amines) is 1. The Morgan fingerprint density at radius 2 is 1.78 bits per heavy atom. The van der Waals surface area contributed by atoms with Crippen molar-refractivity contribution in [3.05, 3.63) is 34.3 Å². The maximum Gasteiger partial charge on any atom is 0.191 e. The van der Waals surface area contributed by atoms with E-state index in [0.29, 0.717) is 6.04 Å². The molecule has 1 heterocycles. The zero-order valence-electron chi connectivity index (χ0n) is 17.0. The highest BCUT2D eigenvalue weighted by Gasteiger charge is 2.20. The van der Waals surface area contributed by atoms with Crippen LogP contribution in [0.15, 0.2) is 33.7 Å². The summed E-state index contributed by atoms with van der Waals surface area (Å²) in [7, 11) is 1.84. The molecule has 1 aromatic rings. The summed E-state index contributed by atoms with van der Waals surface area (Å²) in [5.41, 5.74) is 1.53. The number of aliphatic imine (C=N–C) groups is 1. The molecular formula is C20H35BrIN5. The Hall–Kier alpha value is -0.380. The summed E-state index contributed by atoms with van der Waals surface area (Å²) in [6.45, 7) is 11.6. The summed E-state index contributed by atoms with van der Waals surface area (Å²) in [4.78, 5) is 6.89. The van der Waals surface area contributed by atoms with Crippen molar-refractivity contribution in [2.45, 2.75) is 51.7 Å². The quantitative estimate of drug-likeness (QED) is 0.219. The van der Waals surface area contributed by atoms with Gasteiger partial charge in [0.2, 0.25) is 0 Å². The van der Waals surface area contributed by atoms with Gasteiger partial charge in [0.1, 0.15) is 0 Å². The topological polar surface area (TPSA) is 51.7 Å². The maximum absolute atomic E-state index is 4.36. The molecule has 0 amide bonds. The van der Waals surface area contributed by atoms with Crippen LogP contribution in [0.5, 0.6) is 0 Å². The molecule has 0 spiro atoms. The average Bonchev–Trinajstić information content (AvgIpc) is 2.60. The molecule has 1 aliphatic heterocycles. The first kappa shape index (κ1) is 24.7. The fourth-order valence-electron chi connectivity index (χ4n) is 3.09. The number of hydrogen-bond donors (Lipinski definition) is 3. The Bertz CT molecular complexity index is 563. The number of piperidine rings is 1. The van der Waals surface area contributed by atoms with Crippen LogP contribution in [-0.2, 0) is 6.54 Å². The lowest BCUT2D eigenvalue weighted by atomic mass is 10.0. The van der Waals surface area contributed by atoms with E-state index in [0.717, 1.165) is 56.0 Å². The second-order valence-electron chi connectivity index (χ2n) is 8.00. The van der Waals surface area contributed by atoms with E-state index in [1.54, 1.807) is 0 Å². The van der Waals surface area contributed by atoms with Gasteiger partial charge in [0.15, 0.2) is 5.96 Å². The summed E-state index contributed by atoms with van der Waals surface area (Å²) in [6, 6.07) is 9.14. The third-order valence-corrected chi connectivity index (χ3v) is 5.07. The van der Waals surface area contributed by atoms with E-state index in [1.807, 2.05) is 7.05 Å². The van der Waals surface area contributed by atoms with Crippen molar-refractivity contribution in [1.82, 2.24) is 20.9 Å². The minimum Gasteiger partial charge on any atom is -0.355 e. The lowest BCUT2D eigenvalue weighted by Gasteiger charge is -2.33. The highest BCUT2D eigenvalue weighted by Crippen LogP contribution is 2.16. The molecule has 0 radical (unpaired) electrons. The smallest absolute Gasteiger partial charge is 0.191 e. The average molecular weight is 552 g/mol. The van der Waals surface area contributed by atoms with Crippen LogP contribution in [0, 0.1) is 0 Å². The molecule has 0 saturated carbocycles. The van der Waals surface area contributed by atoms with E-state index in [4.69, 9.17) is 0 Å². The number of nitrogens with zero attached hydrogens (tertiary/aromatic N) is 2. The van der Waals surface area contributed by atoms with E-state index in [-0.39, 0.29) is 29.5 Å². The molecule has 1 aliphatic rings. The van der Waals surface area contributed by atoms with E-state index in [1.165, 1.54) is 5.56 Å². The minimum absolute atomic E-state index is 0. The van der Waals surface area contributed by atoms with Crippen molar-refractivity contribution in [1.29, 1.82) is 0 Å². The second kappa shape index (κ2) is 12.2. The monoisotopic (exact) mass is 551 g/mol. The number of nitrogens with one attached hydrogen (secondary N) is 3. The fourth-order valence-corrected chi connectivity index (χ4v) is 3.35. The standard InChI is InChI=1S/C20H34BrN5.HI/c1-20(2,3)24-12-11-23-19(22-4)25-18-9-13-26(14-10-18)15-16-5-7-17(21)8-6-16;/h5-8,18,24H,9-15H2,1-4H3,(H2,22,23,25);1H. The van der Waals surface area contributed by atoms with Gasteiger partial charge >= 0.3 is 0 Å². The summed E-state index contributed by atoms with van der Waals surface area (Å²) < 4.78 is 1.14. The fraction of sp³-hybridized carbons (Fsp3) is 0.650. The number of halogens is 2. The van der Waals surface area contributed by atoms with Crippen molar-refractivity contribution in [3.63, 3.8) is 0 Å². The van der Waals surface area contributed by atoms with Gasteiger partial charge in [-0.1, -0.05) is 28.1 Å². The van der Waals surface area contributed by atoms with Crippen molar-refractivity contribution in [2.75, 3.05) is 33.2 Å². The lowest BCUT2D eigenvalue weighted by molar-refractivity contribution is 0.198. The molecule has 1 fully saturated rings. The van der Waals surface area contributed by atoms with Crippen LogP contribution in [-0.4, -0.2) is 55.7 Å². The maximum atomic E-state index is 4.36.